The number of carbonyl (C=O) groups excluding carboxylic acids is 1. The van der Waals surface area contributed by atoms with E-state index < -0.39 is 0 Å². The lowest BCUT2D eigenvalue weighted by Crippen LogP contribution is -2.43. The molecule has 0 aliphatic carbocycles. The van der Waals surface area contributed by atoms with Crippen molar-refractivity contribution in [2.24, 2.45) is 5.73 Å². The summed E-state index contributed by atoms with van der Waals surface area (Å²) in [5.74, 6) is 0.965. The summed E-state index contributed by atoms with van der Waals surface area (Å²) >= 11 is 5.17. The van der Waals surface area contributed by atoms with Gasteiger partial charge in [0.1, 0.15) is 0 Å². The highest BCUT2D eigenvalue weighted by Crippen LogP contribution is 2.31. The van der Waals surface area contributed by atoms with Crippen molar-refractivity contribution in [1.82, 2.24) is 0 Å². The van der Waals surface area contributed by atoms with Crippen molar-refractivity contribution in [3.63, 3.8) is 0 Å². The van der Waals surface area contributed by atoms with E-state index in [4.69, 9.17) is 5.73 Å². The number of carbonyl (C=O) groups is 1. The highest BCUT2D eigenvalue weighted by atomic mass is 79.9. The summed E-state index contributed by atoms with van der Waals surface area (Å²) in [6.07, 6.45) is 3.68. The molecule has 1 heterocycles. The Morgan fingerprint density at radius 2 is 2.39 bits per heavy atom. The highest BCUT2D eigenvalue weighted by Gasteiger charge is 2.28. The molecule has 0 unspecified atom stereocenters. The van der Waals surface area contributed by atoms with E-state index in [-0.39, 0.29) is 11.9 Å². The molecule has 0 saturated heterocycles. The van der Waals surface area contributed by atoms with Crippen molar-refractivity contribution in [1.29, 1.82) is 0 Å². The lowest BCUT2D eigenvalue weighted by atomic mass is 10.1. The van der Waals surface area contributed by atoms with Gasteiger partial charge in [0.2, 0.25) is 5.91 Å². The molecule has 0 bridgehead atoms. The maximum absolute atomic E-state index is 12.3. The van der Waals surface area contributed by atoms with Gasteiger partial charge in [0.25, 0.3) is 0 Å². The molecule has 1 aromatic rings. The molecule has 0 saturated carbocycles. The van der Waals surface area contributed by atoms with E-state index in [1.165, 1.54) is 5.56 Å². The van der Waals surface area contributed by atoms with E-state index in [0.29, 0.717) is 0 Å². The average Bonchev–Trinajstić information content (AvgIpc) is 2.77. The number of nitrogens with zero attached hydrogens (tertiary/aromatic N) is 1. The third-order valence-electron chi connectivity index (χ3n) is 3.16. The zero-order chi connectivity index (χ0) is 13.1. The number of hydrogen-bond acceptors (Lipinski definition) is 3. The number of nitrogens with two attached hydrogens (primary N) is 1. The smallest absolute Gasteiger partial charge is 0.243 e. The van der Waals surface area contributed by atoms with Crippen LogP contribution in [0.1, 0.15) is 12.0 Å². The Morgan fingerprint density at radius 3 is 3.11 bits per heavy atom. The molecule has 2 rings (SSSR count). The normalized spacial score (nSPS) is 15.6. The molecular weight excluding hydrogens is 312 g/mol. The Bertz CT molecular complexity index is 453. The van der Waals surface area contributed by atoms with Gasteiger partial charge in [0.05, 0.1) is 6.04 Å². The van der Waals surface area contributed by atoms with Gasteiger partial charge in [-0.05, 0) is 42.5 Å². The fourth-order valence-corrected chi connectivity index (χ4v) is 2.99. The maximum Gasteiger partial charge on any atom is 0.243 e. The molecule has 5 heteroatoms. The number of hydrogen-bond donors (Lipinski definition) is 1. The Labute approximate surface area is 120 Å². The van der Waals surface area contributed by atoms with Crippen LogP contribution in [0, 0.1) is 0 Å². The lowest BCUT2D eigenvalue weighted by molar-refractivity contribution is -0.119. The molecule has 1 amide bonds. The fourth-order valence-electron chi connectivity index (χ4n) is 2.15. The quantitative estimate of drug-likeness (QED) is 0.923. The van der Waals surface area contributed by atoms with Gasteiger partial charge in [0, 0.05) is 16.7 Å². The molecular formula is C13H17BrN2OS. The SMILES string of the molecule is CSCC[C@H](N)C(=O)N1CCc2ccc(Br)cc21. The summed E-state index contributed by atoms with van der Waals surface area (Å²) in [7, 11) is 0. The zero-order valence-electron chi connectivity index (χ0n) is 10.4. The number of anilines is 1. The second kappa shape index (κ2) is 6.08. The number of fused-ring (bicyclic) bond motifs is 1. The molecule has 0 spiro atoms. The predicted molar refractivity (Wildman–Crippen MR) is 81.2 cm³/mol. The van der Waals surface area contributed by atoms with Crippen molar-refractivity contribution in [3.05, 3.63) is 28.2 Å². The van der Waals surface area contributed by atoms with Gasteiger partial charge in [-0.3, -0.25) is 4.79 Å². The first-order valence-electron chi connectivity index (χ1n) is 5.98. The Kier molecular flexibility index (Phi) is 4.70. The molecule has 1 aliphatic rings. The van der Waals surface area contributed by atoms with Gasteiger partial charge in [-0.25, -0.2) is 0 Å². The van der Waals surface area contributed by atoms with Gasteiger partial charge in [-0.2, -0.15) is 11.8 Å². The molecule has 1 atom stereocenters. The van der Waals surface area contributed by atoms with Crippen molar-refractivity contribution in [3.8, 4) is 0 Å². The second-order valence-corrected chi connectivity index (χ2v) is 6.30. The van der Waals surface area contributed by atoms with Crippen LogP contribution in [0.4, 0.5) is 5.69 Å². The first-order chi connectivity index (χ1) is 8.63. The molecule has 3 nitrogen and oxygen atoms in total. The Hall–Kier alpha value is -0.520. The standard InChI is InChI=1S/C13H17BrN2OS/c1-18-7-5-11(15)13(17)16-6-4-9-2-3-10(14)8-12(9)16/h2-3,8,11H,4-7,15H2,1H3/t11-/m0/s1. The maximum atomic E-state index is 12.3. The number of rotatable bonds is 4. The number of halogens is 1. The molecule has 1 aliphatic heterocycles. The van der Waals surface area contributed by atoms with Crippen LogP contribution < -0.4 is 10.6 Å². The third kappa shape index (κ3) is 2.90. The van der Waals surface area contributed by atoms with Gasteiger partial charge < -0.3 is 10.6 Å². The summed E-state index contributed by atoms with van der Waals surface area (Å²) in [4.78, 5) is 14.1. The minimum Gasteiger partial charge on any atom is -0.320 e. The van der Waals surface area contributed by atoms with Crippen LogP contribution in [0.2, 0.25) is 0 Å². The zero-order valence-corrected chi connectivity index (χ0v) is 12.8. The summed E-state index contributed by atoms with van der Waals surface area (Å²) in [6.45, 7) is 0.748. The first-order valence-corrected chi connectivity index (χ1v) is 8.16. The van der Waals surface area contributed by atoms with Crippen molar-refractivity contribution in [2.75, 3.05) is 23.5 Å². The highest BCUT2D eigenvalue weighted by molar-refractivity contribution is 9.10. The lowest BCUT2D eigenvalue weighted by Gasteiger charge is -2.21. The molecule has 98 valence electrons. The largest absolute Gasteiger partial charge is 0.320 e. The minimum atomic E-state index is -0.387. The number of thioether (sulfide) groups is 1. The molecule has 18 heavy (non-hydrogen) atoms. The van der Waals surface area contributed by atoms with E-state index in [0.717, 1.165) is 35.3 Å². The summed E-state index contributed by atoms with van der Waals surface area (Å²) < 4.78 is 0.999. The molecule has 2 N–H and O–H groups in total. The average molecular weight is 329 g/mol. The first kappa shape index (κ1) is 13.9. The van der Waals surface area contributed by atoms with Gasteiger partial charge >= 0.3 is 0 Å². The predicted octanol–water partition coefficient (Wildman–Crippen LogP) is 2.42. The van der Waals surface area contributed by atoms with Crippen LogP contribution in [-0.4, -0.2) is 30.5 Å². The van der Waals surface area contributed by atoms with Crippen LogP contribution >= 0.6 is 27.7 Å². The molecule has 0 radical (unpaired) electrons. The van der Waals surface area contributed by atoms with Crippen LogP contribution in [0.25, 0.3) is 0 Å². The van der Waals surface area contributed by atoms with Crippen LogP contribution in [0.15, 0.2) is 22.7 Å². The van der Waals surface area contributed by atoms with E-state index in [1.54, 1.807) is 11.8 Å². The number of benzene rings is 1. The van der Waals surface area contributed by atoms with Crippen LogP contribution in [0.5, 0.6) is 0 Å². The summed E-state index contributed by atoms with van der Waals surface area (Å²) in [6, 6.07) is 5.70. The van der Waals surface area contributed by atoms with Crippen LogP contribution in [-0.2, 0) is 11.2 Å². The van der Waals surface area contributed by atoms with E-state index in [1.807, 2.05) is 23.3 Å². The van der Waals surface area contributed by atoms with Crippen molar-refractivity contribution < 1.29 is 4.79 Å². The van der Waals surface area contributed by atoms with Gasteiger partial charge in [-0.15, -0.1) is 0 Å². The van der Waals surface area contributed by atoms with Crippen molar-refractivity contribution in [2.45, 2.75) is 18.9 Å². The Balaban J connectivity index is 2.12. The Morgan fingerprint density at radius 1 is 1.61 bits per heavy atom. The number of amides is 1. The summed E-state index contributed by atoms with van der Waals surface area (Å²) in [5.41, 5.74) is 8.20. The van der Waals surface area contributed by atoms with E-state index in [2.05, 4.69) is 22.0 Å². The second-order valence-electron chi connectivity index (χ2n) is 4.40. The molecule has 0 fully saturated rings. The monoisotopic (exact) mass is 328 g/mol. The van der Waals surface area contributed by atoms with Crippen LogP contribution in [0.3, 0.4) is 0 Å². The summed E-state index contributed by atoms with van der Waals surface area (Å²) in [5, 5.41) is 0. The van der Waals surface area contributed by atoms with E-state index in [9.17, 15) is 4.79 Å². The minimum absolute atomic E-state index is 0.0425. The van der Waals surface area contributed by atoms with E-state index >= 15 is 0 Å². The molecule has 0 aromatic heterocycles. The van der Waals surface area contributed by atoms with Gasteiger partial charge in [-0.1, -0.05) is 22.0 Å². The fraction of sp³-hybridized carbons (Fsp3) is 0.462. The topological polar surface area (TPSA) is 46.3 Å². The van der Waals surface area contributed by atoms with Crippen molar-refractivity contribution >= 4 is 39.3 Å². The molecule has 1 aromatic carbocycles. The third-order valence-corrected chi connectivity index (χ3v) is 4.30. The van der Waals surface area contributed by atoms with Gasteiger partial charge in [0.15, 0.2) is 0 Å².